The zero-order valence-corrected chi connectivity index (χ0v) is 64.7. The van der Waals surface area contributed by atoms with E-state index in [0.29, 0.717) is 0 Å². The maximum atomic E-state index is 5.92. The minimum absolute atomic E-state index is 0.0799. The molecule has 0 atom stereocenters. The van der Waals surface area contributed by atoms with Crippen molar-refractivity contribution in [3.63, 3.8) is 0 Å². The summed E-state index contributed by atoms with van der Waals surface area (Å²) in [4.78, 5) is 5.92. The lowest BCUT2D eigenvalue weighted by Gasteiger charge is -2.35. The van der Waals surface area contributed by atoms with Gasteiger partial charge in [-0.1, -0.05) is 319 Å². The Morgan fingerprint density at radius 2 is 0.543 bits per heavy atom. The van der Waals surface area contributed by atoms with Crippen LogP contribution in [0.2, 0.25) is 0 Å². The maximum absolute atomic E-state index is 5.92. The lowest BCUT2D eigenvalue weighted by Crippen LogP contribution is -2.59. The number of benzene rings is 12. The first-order chi connectivity index (χ1) is 49.8. The van der Waals surface area contributed by atoms with Crippen molar-refractivity contribution >= 4 is 66.7 Å². The Morgan fingerprint density at radius 3 is 0.867 bits per heavy atom. The number of pyridine rings is 1. The van der Waals surface area contributed by atoms with E-state index >= 15 is 0 Å². The lowest BCUT2D eigenvalue weighted by molar-refractivity contribution is 0.568. The summed E-state index contributed by atoms with van der Waals surface area (Å²) in [5.41, 5.74) is 36.9. The second kappa shape index (κ2) is 24.0. The highest BCUT2D eigenvalue weighted by Crippen LogP contribution is 2.52. The van der Waals surface area contributed by atoms with Gasteiger partial charge in [-0.25, -0.2) is 4.98 Å². The van der Waals surface area contributed by atoms with Crippen molar-refractivity contribution in [1.82, 2.24) is 14.1 Å². The average Bonchev–Trinajstić information content (AvgIpc) is 1.53. The normalized spacial score (nSPS) is 13.2. The summed E-state index contributed by atoms with van der Waals surface area (Å²) in [7, 11) is 0. The average molecular weight is 1360 g/mol. The summed E-state index contributed by atoms with van der Waals surface area (Å²) in [6.45, 7) is 42.2. The molecular weight excluding hydrogens is 1270 g/mol. The number of fused-ring (bicyclic) bond motifs is 10. The molecule has 17 rings (SSSR count). The molecule has 0 radical (unpaired) electrons. The number of hydrogen-bond acceptors (Lipinski definition) is 1. The van der Waals surface area contributed by atoms with Gasteiger partial charge in [-0.3, -0.25) is 0 Å². The Labute approximate surface area is 622 Å². The molecule has 0 saturated heterocycles. The molecule has 0 spiro atoms. The van der Waals surface area contributed by atoms with Crippen LogP contribution < -0.4 is 16.4 Å². The smallest absolute Gasteiger partial charge is 0.252 e. The predicted octanol–water partition coefficient (Wildman–Crippen LogP) is 25.5. The van der Waals surface area contributed by atoms with Crippen LogP contribution in [0.15, 0.2) is 255 Å². The molecule has 0 bridgehead atoms. The standard InChI is InChI=1S/C101H96BN3/c1-96(2,3)71-46-67(47-72(58-71)97(4,5)6)77-42-44-81-94-91(77)89-79(63-36-27-21-28-37-63)52-65(61-32-23-19-24-33-61)54-85(89)104(94)87-56-70(84-41-31-40-83(103-84)69-50-75(100(13,14)15)60-76(51-69)101(16,17)18)57-88-93(87)102(81)82-45-43-78(68-48-73(98(7,8)9)59-74(49-68)99(10,11)12)92-90-80(64-38-29-22-30-39-64)53-66(62-34-25-20-26-35-62)55-86(90)105(88)95(82)92/h19-60H,1-18H3. The van der Waals surface area contributed by atoms with E-state index in [1.165, 1.54) is 160 Å². The Hall–Kier alpha value is -10.5. The molecule has 3 nitrogen and oxygen atoms in total. The van der Waals surface area contributed by atoms with Crippen LogP contribution in [-0.2, 0) is 32.5 Å². The molecule has 0 saturated carbocycles. The van der Waals surface area contributed by atoms with E-state index in [0.717, 1.165) is 33.9 Å². The van der Waals surface area contributed by atoms with Crippen molar-refractivity contribution in [2.45, 2.75) is 157 Å². The molecule has 518 valence electrons. The number of hydrogen-bond donors (Lipinski definition) is 0. The molecule has 105 heavy (non-hydrogen) atoms. The predicted molar refractivity (Wildman–Crippen MR) is 453 cm³/mol. The van der Waals surface area contributed by atoms with Gasteiger partial charge in [0.15, 0.2) is 0 Å². The van der Waals surface area contributed by atoms with Crippen LogP contribution in [0.4, 0.5) is 0 Å². The molecule has 2 aliphatic rings. The van der Waals surface area contributed by atoms with Gasteiger partial charge >= 0.3 is 0 Å². The Kier molecular flexibility index (Phi) is 15.5. The van der Waals surface area contributed by atoms with Gasteiger partial charge < -0.3 is 9.13 Å². The highest BCUT2D eigenvalue weighted by molar-refractivity contribution is 7.00. The van der Waals surface area contributed by atoms with E-state index in [-0.39, 0.29) is 39.2 Å². The van der Waals surface area contributed by atoms with Gasteiger partial charge in [0, 0.05) is 44.0 Å². The molecule has 0 amide bonds. The van der Waals surface area contributed by atoms with E-state index < -0.39 is 0 Å². The van der Waals surface area contributed by atoms with Gasteiger partial charge in [0.25, 0.3) is 6.71 Å². The van der Waals surface area contributed by atoms with Crippen molar-refractivity contribution in [3.05, 3.63) is 288 Å². The number of rotatable bonds is 8. The van der Waals surface area contributed by atoms with Crippen molar-refractivity contribution in [1.29, 1.82) is 0 Å². The van der Waals surface area contributed by atoms with E-state index in [9.17, 15) is 0 Å². The largest absolute Gasteiger partial charge is 0.310 e. The van der Waals surface area contributed by atoms with E-state index in [4.69, 9.17) is 4.98 Å². The van der Waals surface area contributed by atoms with Crippen LogP contribution in [0.25, 0.3) is 144 Å². The monoisotopic (exact) mass is 1360 g/mol. The van der Waals surface area contributed by atoms with Gasteiger partial charge in [-0.2, -0.15) is 0 Å². The molecule has 0 N–H and O–H groups in total. The zero-order valence-electron chi connectivity index (χ0n) is 64.7. The molecule has 5 heterocycles. The lowest BCUT2D eigenvalue weighted by atomic mass is 9.34. The molecule has 0 unspecified atom stereocenters. The van der Waals surface area contributed by atoms with Crippen molar-refractivity contribution in [2.24, 2.45) is 0 Å². The summed E-state index contributed by atoms with van der Waals surface area (Å²) in [5, 5.41) is 5.03. The van der Waals surface area contributed by atoms with Gasteiger partial charge in [-0.05, 0) is 210 Å². The highest BCUT2D eigenvalue weighted by atomic mass is 15.0. The van der Waals surface area contributed by atoms with E-state index in [1.54, 1.807) is 0 Å². The molecule has 2 aliphatic heterocycles. The van der Waals surface area contributed by atoms with E-state index in [1.807, 2.05) is 0 Å². The Morgan fingerprint density at radius 1 is 0.238 bits per heavy atom. The van der Waals surface area contributed by atoms with Gasteiger partial charge in [0.05, 0.1) is 33.5 Å². The minimum atomic E-state index is -0.194. The van der Waals surface area contributed by atoms with Crippen molar-refractivity contribution < 1.29 is 0 Å². The minimum Gasteiger partial charge on any atom is -0.310 e. The van der Waals surface area contributed by atoms with Crippen LogP contribution >= 0.6 is 0 Å². The third kappa shape index (κ3) is 11.4. The summed E-state index contributed by atoms with van der Waals surface area (Å²) in [6, 6.07) is 98.7. The summed E-state index contributed by atoms with van der Waals surface area (Å²) >= 11 is 0. The third-order valence-corrected chi connectivity index (χ3v) is 23.0. The Balaban J connectivity index is 1.09. The fraction of sp³-hybridized carbons (Fsp3) is 0.238. The van der Waals surface area contributed by atoms with Crippen LogP contribution in [0, 0.1) is 0 Å². The fourth-order valence-electron chi connectivity index (χ4n) is 16.9. The molecule has 3 aromatic heterocycles. The summed E-state index contributed by atoms with van der Waals surface area (Å²) < 4.78 is 5.45. The van der Waals surface area contributed by atoms with Gasteiger partial charge in [-0.15, -0.1) is 0 Å². The molecule has 4 heteroatoms. The van der Waals surface area contributed by atoms with Gasteiger partial charge in [0.1, 0.15) is 0 Å². The first-order valence-electron chi connectivity index (χ1n) is 38.0. The quantitative estimate of drug-likeness (QED) is 0.139. The molecular formula is C101H96BN3. The summed E-state index contributed by atoms with van der Waals surface area (Å²) in [6.07, 6.45) is 0. The van der Waals surface area contributed by atoms with Gasteiger partial charge in [0.2, 0.25) is 0 Å². The van der Waals surface area contributed by atoms with Crippen molar-refractivity contribution in [3.8, 4) is 101 Å². The van der Waals surface area contributed by atoms with Crippen LogP contribution in [0.5, 0.6) is 0 Å². The number of nitrogens with zero attached hydrogens (tertiary/aromatic N) is 3. The van der Waals surface area contributed by atoms with E-state index in [2.05, 4.69) is 389 Å². The fourth-order valence-corrected chi connectivity index (χ4v) is 16.9. The first-order valence-corrected chi connectivity index (χ1v) is 38.0. The number of aromatic nitrogens is 3. The highest BCUT2D eigenvalue weighted by Gasteiger charge is 2.44. The summed E-state index contributed by atoms with van der Waals surface area (Å²) in [5.74, 6) is 0. The second-order valence-electron chi connectivity index (χ2n) is 36.5. The molecule has 0 fully saturated rings. The Bertz CT molecular complexity index is 5630. The van der Waals surface area contributed by atoms with Crippen LogP contribution in [-0.4, -0.2) is 20.8 Å². The van der Waals surface area contributed by atoms with Crippen molar-refractivity contribution in [2.75, 3.05) is 0 Å². The first kappa shape index (κ1) is 67.6. The SMILES string of the molecule is CC(C)(C)c1cc(-c2cccc(-c3cc4c5c(c3)-n3c6cc(-c7ccccc7)cc(-c7ccccc7)c6c6c(-c7cc(C(C)(C)C)cc(C(C)(C)C)c7)ccc(c63)B5c3ccc(-c5cc(C(C)(C)C)cc(C(C)(C)C)c5)c5c6c(-c7ccccc7)cc(-c7ccccc7)cc6n-4c35)n2)cc(C(C)(C)C)c1. The second-order valence-corrected chi connectivity index (χ2v) is 36.5. The van der Waals surface area contributed by atoms with Crippen LogP contribution in [0.1, 0.15) is 158 Å². The maximum Gasteiger partial charge on any atom is 0.252 e. The topological polar surface area (TPSA) is 22.8 Å². The van der Waals surface area contributed by atoms with Crippen LogP contribution in [0.3, 0.4) is 0 Å². The third-order valence-electron chi connectivity index (χ3n) is 23.0. The molecule has 0 aliphatic carbocycles. The molecule has 12 aromatic carbocycles. The zero-order chi connectivity index (χ0) is 73.3. The molecule has 15 aromatic rings.